The fourth-order valence-corrected chi connectivity index (χ4v) is 3.08. The van der Waals surface area contributed by atoms with E-state index in [1.54, 1.807) is 12.1 Å². The molecule has 1 heterocycles. The van der Waals surface area contributed by atoms with Crippen molar-refractivity contribution in [2.75, 3.05) is 23.0 Å². The van der Waals surface area contributed by atoms with Crippen LogP contribution in [0, 0.1) is 21.4 Å². The smallest absolute Gasteiger partial charge is 0.287 e. The molecule has 1 aliphatic heterocycles. The van der Waals surface area contributed by atoms with Gasteiger partial charge in [0.15, 0.2) is 0 Å². The number of hydrogen-bond donors (Lipinski definition) is 0. The van der Waals surface area contributed by atoms with Gasteiger partial charge in [0.05, 0.1) is 4.92 Å². The number of hydrogen-bond acceptors (Lipinski definition) is 5. The van der Waals surface area contributed by atoms with Gasteiger partial charge in [-0.1, -0.05) is 0 Å². The number of nitro benzene ring substituents is 1. The van der Waals surface area contributed by atoms with E-state index in [-0.39, 0.29) is 11.3 Å². The number of anilines is 1. The van der Waals surface area contributed by atoms with Crippen molar-refractivity contribution in [3.05, 3.63) is 33.9 Å². The fourth-order valence-electron chi connectivity index (χ4n) is 2.06. The van der Waals surface area contributed by atoms with Gasteiger partial charge in [-0.2, -0.15) is 17.0 Å². The lowest BCUT2D eigenvalue weighted by molar-refractivity contribution is -0.385. The Kier molecular flexibility index (Phi) is 3.72. The first-order valence-electron chi connectivity index (χ1n) is 5.66. The summed E-state index contributed by atoms with van der Waals surface area (Å²) in [5.41, 5.74) is 0.896. The van der Waals surface area contributed by atoms with E-state index >= 15 is 0 Å². The van der Waals surface area contributed by atoms with Gasteiger partial charge in [0.2, 0.25) is 0 Å². The molecule has 0 N–H and O–H groups in total. The molecule has 1 unspecified atom stereocenters. The summed E-state index contributed by atoms with van der Waals surface area (Å²) in [6, 6.07) is 7.05. The van der Waals surface area contributed by atoms with Crippen molar-refractivity contribution in [3.63, 3.8) is 0 Å². The number of thioether (sulfide) groups is 1. The average molecular weight is 263 g/mol. The SMILES string of the molecule is CC1CSCCN1c1ccc([N+](=O)[O-])c(C#N)c1. The van der Waals surface area contributed by atoms with Crippen molar-refractivity contribution >= 4 is 23.1 Å². The second-order valence-electron chi connectivity index (χ2n) is 4.19. The molecule has 0 saturated carbocycles. The molecule has 2 rings (SSSR count). The molecule has 5 nitrogen and oxygen atoms in total. The van der Waals surface area contributed by atoms with Gasteiger partial charge in [0.25, 0.3) is 5.69 Å². The van der Waals surface area contributed by atoms with Crippen LogP contribution in [0.5, 0.6) is 0 Å². The third kappa shape index (κ3) is 2.41. The third-order valence-corrected chi connectivity index (χ3v) is 4.19. The highest BCUT2D eigenvalue weighted by atomic mass is 32.2. The summed E-state index contributed by atoms with van der Waals surface area (Å²) in [5, 5.41) is 19.7. The van der Waals surface area contributed by atoms with Crippen molar-refractivity contribution in [1.82, 2.24) is 0 Å². The van der Waals surface area contributed by atoms with Crippen LogP contribution < -0.4 is 4.90 Å². The topological polar surface area (TPSA) is 70.2 Å². The van der Waals surface area contributed by atoms with E-state index in [0.29, 0.717) is 6.04 Å². The van der Waals surface area contributed by atoms with Crippen LogP contribution in [0.15, 0.2) is 18.2 Å². The second-order valence-corrected chi connectivity index (χ2v) is 5.34. The molecule has 0 radical (unpaired) electrons. The Bertz CT molecular complexity index is 513. The molecule has 0 aromatic heterocycles. The molecule has 94 valence electrons. The molecule has 0 spiro atoms. The summed E-state index contributed by atoms with van der Waals surface area (Å²) in [6.45, 7) is 3.04. The van der Waals surface area contributed by atoms with Gasteiger partial charge in [-0.25, -0.2) is 0 Å². The molecule has 1 saturated heterocycles. The molecular weight excluding hydrogens is 250 g/mol. The van der Waals surface area contributed by atoms with E-state index in [1.807, 2.05) is 17.8 Å². The molecule has 0 bridgehead atoms. The second kappa shape index (κ2) is 5.27. The number of benzene rings is 1. The zero-order chi connectivity index (χ0) is 13.1. The van der Waals surface area contributed by atoms with Crippen molar-refractivity contribution in [2.45, 2.75) is 13.0 Å². The molecule has 1 aromatic rings. The Morgan fingerprint density at radius 2 is 2.39 bits per heavy atom. The minimum atomic E-state index is -0.516. The Morgan fingerprint density at radius 1 is 1.61 bits per heavy atom. The van der Waals surface area contributed by atoms with Crippen LogP contribution in [-0.4, -0.2) is 29.0 Å². The van der Waals surface area contributed by atoms with Crippen molar-refractivity contribution in [1.29, 1.82) is 5.26 Å². The zero-order valence-electron chi connectivity index (χ0n) is 10.00. The predicted molar refractivity (Wildman–Crippen MR) is 71.9 cm³/mol. The highest BCUT2D eigenvalue weighted by Gasteiger charge is 2.21. The molecule has 6 heteroatoms. The predicted octanol–water partition coefficient (Wildman–Crippen LogP) is 2.41. The van der Waals surface area contributed by atoms with E-state index in [1.165, 1.54) is 6.07 Å². The average Bonchev–Trinajstić information content (AvgIpc) is 2.38. The van der Waals surface area contributed by atoms with Gasteiger partial charge >= 0.3 is 0 Å². The molecule has 0 amide bonds. The lowest BCUT2D eigenvalue weighted by Crippen LogP contribution is -2.40. The lowest BCUT2D eigenvalue weighted by Gasteiger charge is -2.35. The highest BCUT2D eigenvalue weighted by molar-refractivity contribution is 7.99. The number of rotatable bonds is 2. The largest absolute Gasteiger partial charge is 0.367 e. The molecule has 0 aliphatic carbocycles. The molecule has 1 aromatic carbocycles. The Balaban J connectivity index is 2.35. The van der Waals surface area contributed by atoms with Crippen LogP contribution in [0.4, 0.5) is 11.4 Å². The maximum Gasteiger partial charge on any atom is 0.287 e. The van der Waals surface area contributed by atoms with E-state index in [0.717, 1.165) is 23.7 Å². The van der Waals surface area contributed by atoms with Gasteiger partial charge in [-0.05, 0) is 19.1 Å². The van der Waals surface area contributed by atoms with Crippen LogP contribution in [0.2, 0.25) is 0 Å². The van der Waals surface area contributed by atoms with E-state index in [9.17, 15) is 10.1 Å². The number of nitro groups is 1. The maximum atomic E-state index is 10.8. The number of nitrogens with zero attached hydrogens (tertiary/aromatic N) is 3. The fraction of sp³-hybridized carbons (Fsp3) is 0.417. The van der Waals surface area contributed by atoms with Crippen LogP contribution >= 0.6 is 11.8 Å². The molecule has 18 heavy (non-hydrogen) atoms. The van der Waals surface area contributed by atoms with Gasteiger partial charge in [-0.3, -0.25) is 10.1 Å². The summed E-state index contributed by atoms with van der Waals surface area (Å²) < 4.78 is 0. The Morgan fingerprint density at radius 3 is 3.00 bits per heavy atom. The van der Waals surface area contributed by atoms with Gasteiger partial charge in [0.1, 0.15) is 11.6 Å². The monoisotopic (exact) mass is 263 g/mol. The lowest BCUT2D eigenvalue weighted by atomic mass is 10.1. The minimum Gasteiger partial charge on any atom is -0.367 e. The number of nitriles is 1. The molecular formula is C12H13N3O2S. The normalized spacial score (nSPS) is 19.3. The first-order valence-corrected chi connectivity index (χ1v) is 6.82. The van der Waals surface area contributed by atoms with Crippen LogP contribution in [-0.2, 0) is 0 Å². The summed E-state index contributed by atoms with van der Waals surface area (Å²) in [7, 11) is 0. The summed E-state index contributed by atoms with van der Waals surface area (Å²) in [4.78, 5) is 12.4. The summed E-state index contributed by atoms with van der Waals surface area (Å²) >= 11 is 1.90. The summed E-state index contributed by atoms with van der Waals surface area (Å²) in [5.74, 6) is 2.09. The Labute approximate surface area is 110 Å². The Hall–Kier alpha value is -1.74. The minimum absolute atomic E-state index is 0.125. The maximum absolute atomic E-state index is 10.8. The van der Waals surface area contributed by atoms with Crippen LogP contribution in [0.3, 0.4) is 0 Å². The van der Waals surface area contributed by atoms with Gasteiger partial charge < -0.3 is 4.90 Å². The van der Waals surface area contributed by atoms with Gasteiger partial charge in [-0.15, -0.1) is 0 Å². The van der Waals surface area contributed by atoms with Crippen LogP contribution in [0.25, 0.3) is 0 Å². The van der Waals surface area contributed by atoms with Gasteiger partial charge in [0, 0.05) is 35.8 Å². The van der Waals surface area contributed by atoms with E-state index in [4.69, 9.17) is 5.26 Å². The molecule has 1 atom stereocenters. The first-order chi connectivity index (χ1) is 8.63. The van der Waals surface area contributed by atoms with Crippen LogP contribution in [0.1, 0.15) is 12.5 Å². The third-order valence-electron chi connectivity index (χ3n) is 3.00. The molecule has 1 aliphatic rings. The van der Waals surface area contributed by atoms with E-state index in [2.05, 4.69) is 11.8 Å². The standard InChI is InChI=1S/C12H13N3O2S/c1-9-8-18-5-4-14(9)11-2-3-12(15(16)17)10(6-11)7-13/h2-3,6,9H,4-5,8H2,1H3. The van der Waals surface area contributed by atoms with E-state index < -0.39 is 4.92 Å². The van der Waals surface area contributed by atoms with Crippen molar-refractivity contribution < 1.29 is 4.92 Å². The molecule has 1 fully saturated rings. The highest BCUT2D eigenvalue weighted by Crippen LogP contribution is 2.28. The zero-order valence-corrected chi connectivity index (χ0v) is 10.8. The quantitative estimate of drug-likeness (QED) is 0.605. The van der Waals surface area contributed by atoms with Crippen molar-refractivity contribution in [2.24, 2.45) is 0 Å². The van der Waals surface area contributed by atoms with Crippen molar-refractivity contribution in [3.8, 4) is 6.07 Å². The summed E-state index contributed by atoms with van der Waals surface area (Å²) in [6.07, 6.45) is 0. The first kappa shape index (κ1) is 12.7.